The summed E-state index contributed by atoms with van der Waals surface area (Å²) in [7, 11) is 0. The lowest BCUT2D eigenvalue weighted by molar-refractivity contribution is -0.193. The molecule has 0 bridgehead atoms. The SMILES string of the molecule is O=C1[C@H]2CCC3(C[C@H]2C(=O)N1CCc1c[nH]c2ccccc12)OCCO3. The fourth-order valence-electron chi connectivity index (χ4n) is 4.77. The molecule has 2 atom stereocenters. The van der Waals surface area contributed by atoms with Crippen LogP contribution < -0.4 is 0 Å². The molecule has 2 saturated heterocycles. The molecule has 1 aliphatic carbocycles. The third-order valence-corrected chi connectivity index (χ3v) is 6.11. The lowest BCUT2D eigenvalue weighted by atomic mass is 9.77. The Bertz CT molecular complexity index is 868. The van der Waals surface area contributed by atoms with E-state index in [0.29, 0.717) is 45.4 Å². The quantitative estimate of drug-likeness (QED) is 0.858. The molecule has 3 aliphatic rings. The van der Waals surface area contributed by atoms with Gasteiger partial charge in [0, 0.05) is 36.5 Å². The normalized spacial score (nSPS) is 27.6. The number of nitrogens with zero attached hydrogens (tertiary/aromatic N) is 1. The van der Waals surface area contributed by atoms with Gasteiger partial charge in [-0.3, -0.25) is 14.5 Å². The Morgan fingerprint density at radius 1 is 1.12 bits per heavy atom. The molecule has 2 aliphatic heterocycles. The Labute approximate surface area is 151 Å². The van der Waals surface area contributed by atoms with Gasteiger partial charge in [-0.15, -0.1) is 0 Å². The van der Waals surface area contributed by atoms with E-state index >= 15 is 0 Å². The minimum Gasteiger partial charge on any atom is -0.361 e. The number of H-pyrrole nitrogens is 1. The van der Waals surface area contributed by atoms with Crippen LogP contribution >= 0.6 is 0 Å². The van der Waals surface area contributed by atoms with Gasteiger partial charge >= 0.3 is 0 Å². The van der Waals surface area contributed by atoms with Crippen molar-refractivity contribution in [3.63, 3.8) is 0 Å². The zero-order valence-electron chi connectivity index (χ0n) is 14.6. The van der Waals surface area contributed by atoms with Crippen LogP contribution in [0.2, 0.25) is 0 Å². The third kappa shape index (κ3) is 2.40. The molecule has 1 N–H and O–H groups in total. The van der Waals surface area contributed by atoms with Crippen molar-refractivity contribution in [1.29, 1.82) is 0 Å². The van der Waals surface area contributed by atoms with E-state index < -0.39 is 5.79 Å². The second kappa shape index (κ2) is 5.93. The first-order valence-corrected chi connectivity index (χ1v) is 9.35. The van der Waals surface area contributed by atoms with Crippen LogP contribution in [0.3, 0.4) is 0 Å². The van der Waals surface area contributed by atoms with E-state index in [4.69, 9.17) is 9.47 Å². The molecule has 6 heteroatoms. The number of para-hydroxylation sites is 1. The smallest absolute Gasteiger partial charge is 0.233 e. The van der Waals surface area contributed by atoms with E-state index in [1.165, 1.54) is 4.90 Å². The topological polar surface area (TPSA) is 71.6 Å². The molecule has 3 fully saturated rings. The molecule has 1 aromatic heterocycles. The lowest BCUT2D eigenvalue weighted by Gasteiger charge is -2.35. The van der Waals surface area contributed by atoms with Crippen LogP contribution in [0.25, 0.3) is 10.9 Å². The second-order valence-corrected chi connectivity index (χ2v) is 7.50. The fourth-order valence-corrected chi connectivity index (χ4v) is 4.77. The van der Waals surface area contributed by atoms with Gasteiger partial charge in [0.1, 0.15) is 0 Å². The van der Waals surface area contributed by atoms with E-state index in [1.807, 2.05) is 24.4 Å². The largest absolute Gasteiger partial charge is 0.361 e. The highest BCUT2D eigenvalue weighted by atomic mass is 16.7. The Balaban J connectivity index is 1.32. The molecule has 3 heterocycles. The molecule has 1 spiro atoms. The zero-order chi connectivity index (χ0) is 17.7. The number of fused-ring (bicyclic) bond motifs is 2. The number of ether oxygens (including phenoxy) is 2. The van der Waals surface area contributed by atoms with E-state index in [9.17, 15) is 9.59 Å². The Hall–Kier alpha value is -2.18. The lowest BCUT2D eigenvalue weighted by Crippen LogP contribution is -2.41. The highest BCUT2D eigenvalue weighted by Gasteiger charge is 2.55. The van der Waals surface area contributed by atoms with Gasteiger partial charge in [-0.1, -0.05) is 18.2 Å². The van der Waals surface area contributed by atoms with Gasteiger partial charge in [-0.25, -0.2) is 0 Å². The van der Waals surface area contributed by atoms with Gasteiger partial charge < -0.3 is 14.5 Å². The standard InChI is InChI=1S/C20H22N2O4/c23-18-15-5-7-20(25-9-10-26-20)11-16(15)19(24)22(18)8-6-13-12-21-17-4-2-1-3-14(13)17/h1-4,12,15-16,21H,5-11H2/t15-,16+/m0/s1. The Morgan fingerprint density at radius 3 is 2.73 bits per heavy atom. The summed E-state index contributed by atoms with van der Waals surface area (Å²) in [5.74, 6) is -1.21. The van der Waals surface area contributed by atoms with Gasteiger partial charge in [0.25, 0.3) is 0 Å². The number of carbonyl (C=O) groups is 2. The number of amides is 2. The number of carbonyl (C=O) groups excluding carboxylic acids is 2. The third-order valence-electron chi connectivity index (χ3n) is 6.11. The molecule has 26 heavy (non-hydrogen) atoms. The second-order valence-electron chi connectivity index (χ2n) is 7.50. The molecule has 2 amide bonds. The summed E-state index contributed by atoms with van der Waals surface area (Å²) in [5.41, 5.74) is 2.21. The van der Waals surface area contributed by atoms with Crippen molar-refractivity contribution in [3.8, 4) is 0 Å². The number of hydrogen-bond donors (Lipinski definition) is 1. The number of nitrogens with one attached hydrogen (secondary N) is 1. The minimum atomic E-state index is -0.635. The van der Waals surface area contributed by atoms with Crippen LogP contribution in [0.15, 0.2) is 30.5 Å². The zero-order valence-corrected chi connectivity index (χ0v) is 14.6. The number of likely N-dealkylation sites (tertiary alicyclic amines) is 1. The maximum atomic E-state index is 12.9. The van der Waals surface area contributed by atoms with Crippen molar-refractivity contribution in [2.45, 2.75) is 31.5 Å². The first-order chi connectivity index (χ1) is 12.7. The van der Waals surface area contributed by atoms with E-state index in [1.54, 1.807) is 0 Å². The van der Waals surface area contributed by atoms with Crippen LogP contribution in [0.5, 0.6) is 0 Å². The molecule has 6 nitrogen and oxygen atoms in total. The first kappa shape index (κ1) is 16.0. The van der Waals surface area contributed by atoms with Crippen LogP contribution in [0.4, 0.5) is 0 Å². The van der Waals surface area contributed by atoms with E-state index in [0.717, 1.165) is 16.5 Å². The summed E-state index contributed by atoms with van der Waals surface area (Å²) in [6.45, 7) is 1.58. The molecule has 136 valence electrons. The minimum absolute atomic E-state index is 0.0207. The van der Waals surface area contributed by atoms with Crippen LogP contribution in [0.1, 0.15) is 24.8 Å². The molecule has 0 unspecified atom stereocenters. The van der Waals surface area contributed by atoms with Crippen molar-refractivity contribution in [2.75, 3.05) is 19.8 Å². The summed E-state index contributed by atoms with van der Waals surface area (Å²) in [5, 5.41) is 1.15. The maximum Gasteiger partial charge on any atom is 0.233 e. The summed E-state index contributed by atoms with van der Waals surface area (Å²) >= 11 is 0. The van der Waals surface area contributed by atoms with Crippen molar-refractivity contribution >= 4 is 22.7 Å². The summed E-state index contributed by atoms with van der Waals surface area (Å²) in [6, 6.07) is 8.08. The summed E-state index contributed by atoms with van der Waals surface area (Å²) in [4.78, 5) is 30.4. The van der Waals surface area contributed by atoms with Gasteiger partial charge in [0.15, 0.2) is 5.79 Å². The van der Waals surface area contributed by atoms with Crippen molar-refractivity contribution in [2.24, 2.45) is 11.8 Å². The summed E-state index contributed by atoms with van der Waals surface area (Å²) in [6.07, 6.45) is 4.51. The van der Waals surface area contributed by atoms with Crippen LogP contribution in [-0.4, -0.2) is 47.2 Å². The first-order valence-electron chi connectivity index (χ1n) is 9.35. The number of benzene rings is 1. The van der Waals surface area contributed by atoms with Crippen molar-refractivity contribution in [1.82, 2.24) is 9.88 Å². The number of hydrogen-bond acceptors (Lipinski definition) is 4. The fraction of sp³-hybridized carbons (Fsp3) is 0.500. The molecule has 1 saturated carbocycles. The molecule has 1 aromatic carbocycles. The average Bonchev–Trinajstić information content (AvgIpc) is 3.34. The molecule has 2 aromatic rings. The van der Waals surface area contributed by atoms with Gasteiger partial charge in [0.2, 0.25) is 11.8 Å². The number of aromatic amines is 1. The monoisotopic (exact) mass is 354 g/mol. The number of aromatic nitrogens is 1. The van der Waals surface area contributed by atoms with Gasteiger partial charge in [-0.2, -0.15) is 0 Å². The van der Waals surface area contributed by atoms with E-state index in [2.05, 4.69) is 11.1 Å². The Kier molecular flexibility index (Phi) is 3.65. The number of imide groups is 1. The summed E-state index contributed by atoms with van der Waals surface area (Å²) < 4.78 is 11.5. The number of rotatable bonds is 3. The highest BCUT2D eigenvalue weighted by Crippen LogP contribution is 2.46. The molecule has 5 rings (SSSR count). The molecular weight excluding hydrogens is 332 g/mol. The van der Waals surface area contributed by atoms with Crippen molar-refractivity contribution in [3.05, 3.63) is 36.0 Å². The van der Waals surface area contributed by atoms with Crippen LogP contribution in [-0.2, 0) is 25.5 Å². The highest BCUT2D eigenvalue weighted by molar-refractivity contribution is 6.05. The van der Waals surface area contributed by atoms with Crippen LogP contribution in [0, 0.1) is 11.8 Å². The molecule has 0 radical (unpaired) electrons. The van der Waals surface area contributed by atoms with Gasteiger partial charge in [-0.05, 0) is 24.5 Å². The predicted octanol–water partition coefficient (Wildman–Crippen LogP) is 2.24. The van der Waals surface area contributed by atoms with E-state index in [-0.39, 0.29) is 23.7 Å². The average molecular weight is 354 g/mol. The predicted molar refractivity (Wildman–Crippen MR) is 94.2 cm³/mol. The maximum absolute atomic E-state index is 12.9. The molecular formula is C20H22N2O4. The van der Waals surface area contributed by atoms with Crippen molar-refractivity contribution < 1.29 is 19.1 Å². The Morgan fingerprint density at radius 2 is 1.88 bits per heavy atom. The van der Waals surface area contributed by atoms with Gasteiger partial charge in [0.05, 0.1) is 25.0 Å².